The third kappa shape index (κ3) is 3.48. The number of nitrogens with zero attached hydrogens (tertiary/aromatic N) is 2. The summed E-state index contributed by atoms with van der Waals surface area (Å²) in [5.74, 6) is 0.302. The first-order valence-electron chi connectivity index (χ1n) is 5.89. The van der Waals surface area contributed by atoms with E-state index in [0.717, 1.165) is 19.5 Å². The van der Waals surface area contributed by atoms with Crippen LogP contribution in [-0.2, 0) is 9.59 Å². The van der Waals surface area contributed by atoms with E-state index in [-0.39, 0.29) is 11.8 Å². The summed E-state index contributed by atoms with van der Waals surface area (Å²) in [4.78, 5) is 26.9. The Morgan fingerprint density at radius 2 is 1.62 bits per heavy atom. The highest BCUT2D eigenvalue weighted by Crippen LogP contribution is 2.04. The topological polar surface area (TPSA) is 52.7 Å². The maximum Gasteiger partial charge on any atom is 0.236 e. The maximum atomic E-state index is 11.7. The van der Waals surface area contributed by atoms with Crippen LogP contribution in [0.5, 0.6) is 0 Å². The molecule has 0 saturated carbocycles. The van der Waals surface area contributed by atoms with Crippen LogP contribution in [-0.4, -0.2) is 61.4 Å². The smallest absolute Gasteiger partial charge is 0.236 e. The zero-order valence-electron chi connectivity index (χ0n) is 10.2. The van der Waals surface area contributed by atoms with Crippen molar-refractivity contribution in [2.24, 2.45) is 0 Å². The second kappa shape index (κ2) is 6.48. The summed E-state index contributed by atoms with van der Waals surface area (Å²) in [5, 5.41) is 2.86. The van der Waals surface area contributed by atoms with Crippen molar-refractivity contribution < 1.29 is 9.59 Å². The number of rotatable bonds is 3. The van der Waals surface area contributed by atoms with Crippen LogP contribution < -0.4 is 5.32 Å². The molecule has 0 bridgehead atoms. The van der Waals surface area contributed by atoms with E-state index in [1.807, 2.05) is 16.7 Å². The van der Waals surface area contributed by atoms with Crippen molar-refractivity contribution in [3.63, 3.8) is 0 Å². The van der Waals surface area contributed by atoms with E-state index < -0.39 is 0 Å². The van der Waals surface area contributed by atoms with Gasteiger partial charge in [-0.3, -0.25) is 9.59 Å². The van der Waals surface area contributed by atoms with E-state index in [4.69, 9.17) is 0 Å². The molecular formula is C11H21N3O2. The van der Waals surface area contributed by atoms with E-state index in [1.165, 1.54) is 0 Å². The molecule has 0 atom stereocenters. The summed E-state index contributed by atoms with van der Waals surface area (Å²) in [6.07, 6.45) is 1.42. The van der Waals surface area contributed by atoms with Crippen LogP contribution in [0.15, 0.2) is 0 Å². The lowest BCUT2D eigenvalue weighted by molar-refractivity contribution is -0.132. The molecule has 1 saturated heterocycles. The zero-order chi connectivity index (χ0) is 12.0. The highest BCUT2D eigenvalue weighted by molar-refractivity contribution is 5.79. The van der Waals surface area contributed by atoms with Crippen LogP contribution in [0.2, 0.25) is 0 Å². The van der Waals surface area contributed by atoms with Gasteiger partial charge >= 0.3 is 0 Å². The Hall–Kier alpha value is -1.10. The molecule has 16 heavy (non-hydrogen) atoms. The Kier molecular flexibility index (Phi) is 5.25. The molecule has 1 aliphatic heterocycles. The minimum Gasteiger partial charge on any atom is -0.341 e. The van der Waals surface area contributed by atoms with Gasteiger partial charge in [0.15, 0.2) is 0 Å². The Morgan fingerprint density at radius 3 is 2.12 bits per heavy atom. The summed E-state index contributed by atoms with van der Waals surface area (Å²) < 4.78 is 0. The Bertz CT molecular complexity index is 256. The average Bonchev–Trinajstić information content (AvgIpc) is 2.53. The monoisotopic (exact) mass is 227 g/mol. The van der Waals surface area contributed by atoms with Crippen molar-refractivity contribution in [2.45, 2.75) is 19.8 Å². The van der Waals surface area contributed by atoms with Crippen LogP contribution in [0.1, 0.15) is 19.8 Å². The molecule has 1 fully saturated rings. The van der Waals surface area contributed by atoms with Gasteiger partial charge in [0.1, 0.15) is 0 Å². The van der Waals surface area contributed by atoms with Gasteiger partial charge in [-0.25, -0.2) is 0 Å². The number of amides is 2. The van der Waals surface area contributed by atoms with Crippen LogP contribution in [0.3, 0.4) is 0 Å². The largest absolute Gasteiger partial charge is 0.341 e. The number of likely N-dealkylation sites (N-methyl/N-ethyl adjacent to an activating group) is 1. The Morgan fingerprint density at radius 1 is 1.06 bits per heavy atom. The summed E-state index contributed by atoms with van der Waals surface area (Å²) in [6.45, 7) is 5.11. The standard InChI is InChI=1S/C11H21N3O2/c1-3-10(15)13-5-4-6-14(8-7-13)11(16)9-12-2/h12H,3-9H2,1-2H3. The lowest BCUT2D eigenvalue weighted by Gasteiger charge is -2.21. The van der Waals surface area contributed by atoms with Crippen molar-refractivity contribution in [2.75, 3.05) is 39.8 Å². The van der Waals surface area contributed by atoms with Crippen LogP contribution in [0.25, 0.3) is 0 Å². The van der Waals surface area contributed by atoms with Crippen molar-refractivity contribution in [3.05, 3.63) is 0 Å². The lowest BCUT2D eigenvalue weighted by atomic mass is 10.3. The lowest BCUT2D eigenvalue weighted by Crippen LogP contribution is -2.40. The van der Waals surface area contributed by atoms with Crippen molar-refractivity contribution in [3.8, 4) is 0 Å². The summed E-state index contributed by atoms with van der Waals surface area (Å²) in [6, 6.07) is 0. The highest BCUT2D eigenvalue weighted by atomic mass is 16.2. The number of carbonyl (C=O) groups is 2. The quantitative estimate of drug-likeness (QED) is 0.719. The molecule has 0 aromatic carbocycles. The molecule has 0 spiro atoms. The molecule has 1 rings (SSSR count). The molecule has 0 radical (unpaired) electrons. The second-order valence-electron chi connectivity index (χ2n) is 4.00. The van der Waals surface area contributed by atoms with Crippen molar-refractivity contribution in [1.29, 1.82) is 0 Å². The first-order chi connectivity index (χ1) is 7.69. The van der Waals surface area contributed by atoms with Gasteiger partial charge in [0.2, 0.25) is 11.8 Å². The average molecular weight is 227 g/mol. The van der Waals surface area contributed by atoms with Gasteiger partial charge in [-0.15, -0.1) is 0 Å². The normalized spacial score (nSPS) is 17.1. The molecule has 5 nitrogen and oxygen atoms in total. The predicted molar refractivity (Wildman–Crippen MR) is 62.0 cm³/mol. The molecule has 2 amide bonds. The first kappa shape index (κ1) is 13.0. The van der Waals surface area contributed by atoms with Gasteiger partial charge in [-0.05, 0) is 13.5 Å². The molecule has 92 valence electrons. The summed E-state index contributed by atoms with van der Waals surface area (Å²) in [5.41, 5.74) is 0. The number of hydrogen-bond acceptors (Lipinski definition) is 3. The molecule has 0 aromatic rings. The Labute approximate surface area is 96.8 Å². The molecule has 0 unspecified atom stereocenters. The molecule has 1 N–H and O–H groups in total. The number of carbonyl (C=O) groups excluding carboxylic acids is 2. The van der Waals surface area contributed by atoms with Crippen LogP contribution >= 0.6 is 0 Å². The molecular weight excluding hydrogens is 206 g/mol. The van der Waals surface area contributed by atoms with E-state index >= 15 is 0 Å². The third-order valence-electron chi connectivity index (χ3n) is 2.83. The van der Waals surface area contributed by atoms with Gasteiger partial charge in [-0.2, -0.15) is 0 Å². The highest BCUT2D eigenvalue weighted by Gasteiger charge is 2.20. The molecule has 0 aromatic heterocycles. The van der Waals surface area contributed by atoms with E-state index in [0.29, 0.717) is 26.1 Å². The Balaban J connectivity index is 2.46. The fourth-order valence-corrected chi connectivity index (χ4v) is 1.90. The van der Waals surface area contributed by atoms with E-state index in [2.05, 4.69) is 5.32 Å². The number of hydrogen-bond donors (Lipinski definition) is 1. The second-order valence-corrected chi connectivity index (χ2v) is 4.00. The minimum atomic E-state index is 0.119. The molecule has 1 aliphatic rings. The third-order valence-corrected chi connectivity index (χ3v) is 2.83. The maximum absolute atomic E-state index is 11.7. The molecule has 1 heterocycles. The predicted octanol–water partition coefficient (Wildman–Crippen LogP) is -0.323. The summed E-state index contributed by atoms with van der Waals surface area (Å²) >= 11 is 0. The van der Waals surface area contributed by atoms with Gasteiger partial charge in [0, 0.05) is 32.6 Å². The SMILES string of the molecule is CCC(=O)N1CCCN(C(=O)CNC)CC1. The van der Waals surface area contributed by atoms with Crippen molar-refractivity contribution >= 4 is 11.8 Å². The van der Waals surface area contributed by atoms with Gasteiger partial charge in [-0.1, -0.05) is 6.92 Å². The fraction of sp³-hybridized carbons (Fsp3) is 0.818. The summed E-state index contributed by atoms with van der Waals surface area (Å²) in [7, 11) is 1.77. The first-order valence-corrected chi connectivity index (χ1v) is 5.89. The number of nitrogens with one attached hydrogen (secondary N) is 1. The van der Waals surface area contributed by atoms with Crippen LogP contribution in [0.4, 0.5) is 0 Å². The molecule has 0 aliphatic carbocycles. The minimum absolute atomic E-state index is 0.119. The molecule has 5 heteroatoms. The van der Waals surface area contributed by atoms with Gasteiger partial charge in [0.05, 0.1) is 6.54 Å². The van der Waals surface area contributed by atoms with Crippen LogP contribution in [0, 0.1) is 0 Å². The van der Waals surface area contributed by atoms with Gasteiger partial charge in [0.25, 0.3) is 0 Å². The van der Waals surface area contributed by atoms with Gasteiger partial charge < -0.3 is 15.1 Å². The van der Waals surface area contributed by atoms with E-state index in [1.54, 1.807) is 7.05 Å². The zero-order valence-corrected chi connectivity index (χ0v) is 10.2. The van der Waals surface area contributed by atoms with E-state index in [9.17, 15) is 9.59 Å². The van der Waals surface area contributed by atoms with Crippen molar-refractivity contribution in [1.82, 2.24) is 15.1 Å². The fourth-order valence-electron chi connectivity index (χ4n) is 1.90.